The van der Waals surface area contributed by atoms with Crippen LogP contribution in [0.15, 0.2) is 54.6 Å². The van der Waals surface area contributed by atoms with E-state index in [1.807, 2.05) is 30.3 Å². The summed E-state index contributed by atoms with van der Waals surface area (Å²) in [7, 11) is 0. The van der Waals surface area contributed by atoms with E-state index in [0.29, 0.717) is 17.6 Å². The van der Waals surface area contributed by atoms with E-state index in [1.54, 1.807) is 0 Å². The number of hydrogen-bond acceptors (Lipinski definition) is 6. The van der Waals surface area contributed by atoms with E-state index >= 15 is 0 Å². The van der Waals surface area contributed by atoms with Gasteiger partial charge in [0.1, 0.15) is 12.0 Å². The van der Waals surface area contributed by atoms with E-state index in [2.05, 4.69) is 10.6 Å². The largest absolute Gasteiger partial charge is 0.482 e. The summed E-state index contributed by atoms with van der Waals surface area (Å²) in [5.41, 5.74) is 1.36. The van der Waals surface area contributed by atoms with Crippen molar-refractivity contribution in [3.8, 4) is 5.75 Å². The molecule has 2 aromatic carbocycles. The molecule has 0 fully saturated rings. The molecular formula is C20H20N2O6. The Kier molecular flexibility index (Phi) is 7.71. The first-order chi connectivity index (χ1) is 13.5. The summed E-state index contributed by atoms with van der Waals surface area (Å²) in [6.45, 7) is 1.18. The van der Waals surface area contributed by atoms with Gasteiger partial charge in [-0.05, 0) is 36.8 Å². The van der Waals surface area contributed by atoms with Crippen LogP contribution in [0.3, 0.4) is 0 Å². The number of hydrogen-bond donors (Lipinski definition) is 2. The van der Waals surface area contributed by atoms with Crippen molar-refractivity contribution in [3.05, 3.63) is 65.7 Å². The molecule has 1 atom stereocenters. The monoisotopic (exact) mass is 384 g/mol. The van der Waals surface area contributed by atoms with Crippen molar-refractivity contribution < 1.29 is 28.7 Å². The molecule has 0 spiro atoms. The van der Waals surface area contributed by atoms with Gasteiger partial charge in [-0.3, -0.25) is 14.9 Å². The number of rotatable bonds is 8. The second kappa shape index (κ2) is 10.5. The second-order valence-electron chi connectivity index (χ2n) is 5.77. The highest BCUT2D eigenvalue weighted by atomic mass is 16.6. The molecular weight excluding hydrogens is 364 g/mol. The van der Waals surface area contributed by atoms with Crippen molar-refractivity contribution in [2.24, 2.45) is 0 Å². The van der Waals surface area contributed by atoms with Crippen LogP contribution in [0.1, 0.15) is 22.8 Å². The Morgan fingerprint density at radius 1 is 1.04 bits per heavy atom. The maximum Gasteiger partial charge on any atom is 0.344 e. The Labute approximate surface area is 161 Å². The van der Waals surface area contributed by atoms with Crippen LogP contribution in [0.25, 0.3) is 0 Å². The molecule has 0 saturated heterocycles. The first-order valence-corrected chi connectivity index (χ1v) is 8.48. The molecule has 0 aromatic heterocycles. The molecule has 0 radical (unpaired) electrons. The Bertz CT molecular complexity index is 820. The molecule has 3 amide bonds. The van der Waals surface area contributed by atoms with Crippen LogP contribution in [0.2, 0.25) is 0 Å². The van der Waals surface area contributed by atoms with Gasteiger partial charge in [-0.2, -0.15) is 0 Å². The predicted molar refractivity (Wildman–Crippen MR) is 99.7 cm³/mol. The number of imide groups is 1. The van der Waals surface area contributed by atoms with Crippen LogP contribution in [-0.2, 0) is 20.9 Å². The number of esters is 1. The first-order valence-electron chi connectivity index (χ1n) is 8.48. The van der Waals surface area contributed by atoms with Crippen molar-refractivity contribution in [3.63, 3.8) is 0 Å². The van der Waals surface area contributed by atoms with Crippen LogP contribution in [-0.4, -0.2) is 36.9 Å². The molecule has 2 rings (SSSR count). The fourth-order valence-electron chi connectivity index (χ4n) is 2.11. The Balaban J connectivity index is 1.70. The van der Waals surface area contributed by atoms with Crippen molar-refractivity contribution >= 4 is 24.2 Å². The fourth-order valence-corrected chi connectivity index (χ4v) is 2.11. The van der Waals surface area contributed by atoms with Crippen LogP contribution in [0, 0.1) is 0 Å². The number of carbonyl (C=O) groups excluding carboxylic acids is 4. The maximum absolute atomic E-state index is 11.9. The summed E-state index contributed by atoms with van der Waals surface area (Å²) in [6, 6.07) is 14.6. The summed E-state index contributed by atoms with van der Waals surface area (Å²) in [4.78, 5) is 46.0. The quantitative estimate of drug-likeness (QED) is 0.531. The lowest BCUT2D eigenvalue weighted by Gasteiger charge is -2.14. The Hall–Kier alpha value is -3.68. The molecule has 2 aromatic rings. The van der Waals surface area contributed by atoms with E-state index < -0.39 is 30.6 Å². The highest BCUT2D eigenvalue weighted by Gasteiger charge is 2.20. The number of nitrogens with one attached hydrogen (secondary N) is 2. The van der Waals surface area contributed by atoms with Gasteiger partial charge in [0.2, 0.25) is 0 Å². The van der Waals surface area contributed by atoms with Gasteiger partial charge in [0.05, 0.1) is 0 Å². The van der Waals surface area contributed by atoms with Gasteiger partial charge in [0, 0.05) is 12.1 Å². The average Bonchev–Trinajstić information content (AvgIpc) is 2.71. The second-order valence-corrected chi connectivity index (χ2v) is 5.77. The first kappa shape index (κ1) is 20.6. The lowest BCUT2D eigenvalue weighted by Crippen LogP contribution is -2.44. The van der Waals surface area contributed by atoms with Gasteiger partial charge in [0.15, 0.2) is 12.7 Å². The molecule has 0 aliphatic carbocycles. The third-order valence-electron chi connectivity index (χ3n) is 3.58. The standard InChI is InChI=1S/C20H20N2O6/c1-14(19(25)22-20(26)21-11-15-5-3-2-4-6-15)28-18(24)13-27-17-9-7-16(12-23)8-10-17/h2-10,12,14H,11,13H2,1H3,(H2,21,22,25,26)/t14-/m0/s1. The summed E-state index contributed by atoms with van der Waals surface area (Å²) in [5, 5.41) is 4.63. The molecule has 0 aliphatic heterocycles. The molecule has 28 heavy (non-hydrogen) atoms. The van der Waals surface area contributed by atoms with Crippen LogP contribution < -0.4 is 15.4 Å². The minimum absolute atomic E-state index is 0.255. The highest BCUT2D eigenvalue weighted by Crippen LogP contribution is 2.11. The van der Waals surface area contributed by atoms with E-state index in [-0.39, 0.29) is 6.54 Å². The lowest BCUT2D eigenvalue weighted by molar-refractivity contribution is -0.156. The molecule has 146 valence electrons. The molecule has 0 heterocycles. The fraction of sp³-hybridized carbons (Fsp3) is 0.200. The van der Waals surface area contributed by atoms with Crippen molar-refractivity contribution in [1.29, 1.82) is 0 Å². The molecule has 0 bridgehead atoms. The molecule has 0 aliphatic rings. The van der Waals surface area contributed by atoms with Gasteiger partial charge in [0.25, 0.3) is 5.91 Å². The Morgan fingerprint density at radius 2 is 1.71 bits per heavy atom. The Morgan fingerprint density at radius 3 is 2.36 bits per heavy atom. The number of urea groups is 1. The lowest BCUT2D eigenvalue weighted by atomic mass is 10.2. The average molecular weight is 384 g/mol. The summed E-state index contributed by atoms with van der Waals surface area (Å²) in [6.07, 6.45) is -0.482. The van der Waals surface area contributed by atoms with Gasteiger partial charge < -0.3 is 14.8 Å². The minimum Gasteiger partial charge on any atom is -0.482 e. The summed E-state index contributed by atoms with van der Waals surface area (Å²) in [5.74, 6) is -1.15. The summed E-state index contributed by atoms with van der Waals surface area (Å²) < 4.78 is 10.1. The number of amides is 3. The third-order valence-corrected chi connectivity index (χ3v) is 3.58. The van der Waals surface area contributed by atoms with Crippen molar-refractivity contribution in [2.75, 3.05) is 6.61 Å². The van der Waals surface area contributed by atoms with E-state index in [9.17, 15) is 19.2 Å². The molecule has 8 heteroatoms. The minimum atomic E-state index is -1.17. The summed E-state index contributed by atoms with van der Waals surface area (Å²) >= 11 is 0. The van der Waals surface area contributed by atoms with Crippen molar-refractivity contribution in [1.82, 2.24) is 10.6 Å². The predicted octanol–water partition coefficient (Wildman–Crippen LogP) is 1.84. The zero-order chi connectivity index (χ0) is 20.4. The van der Waals surface area contributed by atoms with Gasteiger partial charge in [-0.1, -0.05) is 30.3 Å². The normalized spacial score (nSPS) is 11.0. The zero-order valence-corrected chi connectivity index (χ0v) is 15.2. The van der Waals surface area contributed by atoms with Gasteiger partial charge in [-0.15, -0.1) is 0 Å². The smallest absolute Gasteiger partial charge is 0.344 e. The van der Waals surface area contributed by atoms with E-state index in [0.717, 1.165) is 5.56 Å². The third kappa shape index (κ3) is 6.91. The highest BCUT2D eigenvalue weighted by molar-refractivity contribution is 5.97. The van der Waals surface area contributed by atoms with Crippen LogP contribution >= 0.6 is 0 Å². The topological polar surface area (TPSA) is 111 Å². The van der Waals surface area contributed by atoms with E-state index in [4.69, 9.17) is 9.47 Å². The molecule has 0 unspecified atom stereocenters. The van der Waals surface area contributed by atoms with Gasteiger partial charge in [-0.25, -0.2) is 9.59 Å². The number of benzene rings is 2. The molecule has 8 nitrogen and oxygen atoms in total. The number of ether oxygens (including phenoxy) is 2. The molecule has 0 saturated carbocycles. The number of aldehydes is 1. The van der Waals surface area contributed by atoms with Crippen LogP contribution in [0.4, 0.5) is 4.79 Å². The van der Waals surface area contributed by atoms with Crippen molar-refractivity contribution in [2.45, 2.75) is 19.6 Å². The zero-order valence-electron chi connectivity index (χ0n) is 15.2. The van der Waals surface area contributed by atoms with E-state index in [1.165, 1.54) is 31.2 Å². The number of carbonyl (C=O) groups is 4. The van der Waals surface area contributed by atoms with Crippen LogP contribution in [0.5, 0.6) is 5.75 Å². The SMILES string of the molecule is C[C@H](OC(=O)COc1ccc(C=O)cc1)C(=O)NC(=O)NCc1ccccc1. The van der Waals surface area contributed by atoms with Gasteiger partial charge >= 0.3 is 12.0 Å². The molecule has 2 N–H and O–H groups in total. The maximum atomic E-state index is 11.9.